The number of pyridine rings is 2. The third-order valence-corrected chi connectivity index (χ3v) is 3.88. The van der Waals surface area contributed by atoms with E-state index in [0.717, 1.165) is 53.7 Å². The summed E-state index contributed by atoms with van der Waals surface area (Å²) in [5, 5.41) is 6.60. The molecule has 0 bridgehead atoms. The highest BCUT2D eigenvalue weighted by Crippen LogP contribution is 2.24. The molecule has 0 spiro atoms. The second kappa shape index (κ2) is 11.7. The fourth-order valence-corrected chi connectivity index (χ4v) is 2.58. The molecule has 0 aliphatic carbocycles. The lowest BCUT2D eigenvalue weighted by Gasteiger charge is -2.13. The molecule has 0 unspecified atom stereocenters. The molecule has 0 radical (unpaired) electrons. The SMILES string of the molecule is CCNC(=NCc1ncc(C)c(OC)c1C)NCCc1ccccn1.I. The Balaban J connectivity index is 0.00000338. The van der Waals surface area contributed by atoms with Gasteiger partial charge in [-0.1, -0.05) is 6.07 Å². The van der Waals surface area contributed by atoms with Crippen molar-refractivity contribution in [3.05, 3.63) is 53.1 Å². The Morgan fingerprint density at radius 3 is 2.65 bits per heavy atom. The van der Waals surface area contributed by atoms with Gasteiger partial charge in [0.05, 0.1) is 19.3 Å². The van der Waals surface area contributed by atoms with Crippen LogP contribution in [-0.4, -0.2) is 36.1 Å². The van der Waals surface area contributed by atoms with Crippen molar-refractivity contribution in [1.29, 1.82) is 0 Å². The normalized spacial score (nSPS) is 10.8. The summed E-state index contributed by atoms with van der Waals surface area (Å²) in [7, 11) is 1.69. The molecule has 142 valence electrons. The number of aryl methyl sites for hydroxylation is 1. The number of nitrogens with zero attached hydrogens (tertiary/aromatic N) is 3. The van der Waals surface area contributed by atoms with Crippen molar-refractivity contribution < 1.29 is 4.74 Å². The fraction of sp³-hybridized carbons (Fsp3) is 0.421. The fourth-order valence-electron chi connectivity index (χ4n) is 2.58. The first-order valence-electron chi connectivity index (χ1n) is 8.56. The van der Waals surface area contributed by atoms with Crippen LogP contribution >= 0.6 is 24.0 Å². The van der Waals surface area contributed by atoms with Crippen molar-refractivity contribution in [2.24, 2.45) is 4.99 Å². The zero-order valence-electron chi connectivity index (χ0n) is 15.9. The molecule has 0 amide bonds. The molecule has 7 heteroatoms. The summed E-state index contributed by atoms with van der Waals surface area (Å²) in [6.45, 7) is 8.14. The Morgan fingerprint density at radius 1 is 1.19 bits per heavy atom. The molecule has 0 atom stereocenters. The van der Waals surface area contributed by atoms with E-state index < -0.39 is 0 Å². The first-order chi connectivity index (χ1) is 12.2. The number of nitrogens with one attached hydrogen (secondary N) is 2. The molecule has 0 aliphatic heterocycles. The van der Waals surface area contributed by atoms with Crippen LogP contribution in [-0.2, 0) is 13.0 Å². The van der Waals surface area contributed by atoms with E-state index in [2.05, 4.69) is 25.6 Å². The van der Waals surface area contributed by atoms with Crippen LogP contribution < -0.4 is 15.4 Å². The average Bonchev–Trinajstić information content (AvgIpc) is 2.62. The average molecular weight is 469 g/mol. The number of rotatable bonds is 7. The number of hydrogen-bond donors (Lipinski definition) is 2. The van der Waals surface area contributed by atoms with E-state index in [0.29, 0.717) is 6.54 Å². The third-order valence-electron chi connectivity index (χ3n) is 3.88. The Labute approximate surface area is 172 Å². The number of guanidine groups is 1. The zero-order valence-corrected chi connectivity index (χ0v) is 18.2. The van der Waals surface area contributed by atoms with Crippen molar-refractivity contribution in [3.63, 3.8) is 0 Å². The Hall–Kier alpha value is -1.90. The molecule has 0 saturated heterocycles. The van der Waals surface area contributed by atoms with Crippen LogP contribution in [0.4, 0.5) is 0 Å². The number of hydrogen-bond acceptors (Lipinski definition) is 4. The standard InChI is InChI=1S/C19H27N5O.HI/c1-5-20-19(22-11-9-16-8-6-7-10-21-16)24-13-17-15(3)18(25-4)14(2)12-23-17;/h6-8,10,12H,5,9,11,13H2,1-4H3,(H2,20,22,24);1H. The Kier molecular flexibility index (Phi) is 9.93. The predicted molar refractivity (Wildman–Crippen MR) is 116 cm³/mol. The van der Waals surface area contributed by atoms with Gasteiger partial charge in [0.25, 0.3) is 0 Å². The molecule has 0 saturated carbocycles. The van der Waals surface area contributed by atoms with Gasteiger partial charge in [0.2, 0.25) is 0 Å². The van der Waals surface area contributed by atoms with Gasteiger partial charge in [-0.15, -0.1) is 24.0 Å². The minimum absolute atomic E-state index is 0. The van der Waals surface area contributed by atoms with Crippen LogP contribution in [0.15, 0.2) is 35.6 Å². The monoisotopic (exact) mass is 469 g/mol. The number of ether oxygens (including phenoxy) is 1. The Bertz CT molecular complexity index is 707. The first kappa shape index (κ1) is 22.1. The van der Waals surface area contributed by atoms with Gasteiger partial charge in [-0.3, -0.25) is 9.97 Å². The van der Waals surface area contributed by atoms with Gasteiger partial charge in [0, 0.05) is 48.7 Å². The number of methoxy groups -OCH3 is 1. The molecule has 2 aromatic rings. The van der Waals surface area contributed by atoms with Crippen molar-refractivity contribution in [3.8, 4) is 5.75 Å². The summed E-state index contributed by atoms with van der Waals surface area (Å²) >= 11 is 0. The molecule has 2 aromatic heterocycles. The highest BCUT2D eigenvalue weighted by molar-refractivity contribution is 14.0. The highest BCUT2D eigenvalue weighted by atomic mass is 127. The van der Waals surface area contributed by atoms with Crippen molar-refractivity contribution >= 4 is 29.9 Å². The maximum Gasteiger partial charge on any atom is 0.191 e. The van der Waals surface area contributed by atoms with Gasteiger partial charge in [0.1, 0.15) is 5.75 Å². The molecule has 2 heterocycles. The van der Waals surface area contributed by atoms with Crippen LogP contribution in [0.2, 0.25) is 0 Å². The van der Waals surface area contributed by atoms with Gasteiger partial charge in [-0.25, -0.2) is 4.99 Å². The van der Waals surface area contributed by atoms with Gasteiger partial charge < -0.3 is 15.4 Å². The molecule has 2 N–H and O–H groups in total. The maximum atomic E-state index is 5.46. The molecule has 26 heavy (non-hydrogen) atoms. The van der Waals surface area contributed by atoms with E-state index in [1.807, 2.05) is 51.4 Å². The van der Waals surface area contributed by atoms with Crippen LogP contribution in [0.5, 0.6) is 5.75 Å². The summed E-state index contributed by atoms with van der Waals surface area (Å²) in [5.74, 6) is 1.66. The highest BCUT2D eigenvalue weighted by Gasteiger charge is 2.09. The molecular weight excluding hydrogens is 441 g/mol. The maximum absolute atomic E-state index is 5.46. The summed E-state index contributed by atoms with van der Waals surface area (Å²) in [6, 6.07) is 5.95. The zero-order chi connectivity index (χ0) is 18.1. The molecule has 2 rings (SSSR count). The van der Waals surface area contributed by atoms with Gasteiger partial charge >= 0.3 is 0 Å². The number of aromatic nitrogens is 2. The molecule has 6 nitrogen and oxygen atoms in total. The van der Waals surface area contributed by atoms with E-state index in [-0.39, 0.29) is 24.0 Å². The van der Waals surface area contributed by atoms with Gasteiger partial charge in [-0.05, 0) is 32.9 Å². The minimum atomic E-state index is 0. The van der Waals surface area contributed by atoms with Gasteiger partial charge in [0.15, 0.2) is 5.96 Å². The topological polar surface area (TPSA) is 71.4 Å². The second-order valence-corrected chi connectivity index (χ2v) is 5.74. The Morgan fingerprint density at radius 2 is 2.00 bits per heavy atom. The second-order valence-electron chi connectivity index (χ2n) is 5.74. The molecular formula is C19H28IN5O. The van der Waals surface area contributed by atoms with E-state index in [1.54, 1.807) is 7.11 Å². The quantitative estimate of drug-likeness (QED) is 0.371. The van der Waals surface area contributed by atoms with E-state index in [1.165, 1.54) is 0 Å². The van der Waals surface area contributed by atoms with Crippen LogP contribution in [0.1, 0.15) is 29.4 Å². The lowest BCUT2D eigenvalue weighted by atomic mass is 10.1. The third kappa shape index (κ3) is 6.44. The molecule has 0 aliphatic rings. The van der Waals surface area contributed by atoms with E-state index >= 15 is 0 Å². The summed E-state index contributed by atoms with van der Waals surface area (Å²) in [6.07, 6.45) is 4.49. The predicted octanol–water partition coefficient (Wildman–Crippen LogP) is 3.02. The minimum Gasteiger partial charge on any atom is -0.496 e. The van der Waals surface area contributed by atoms with E-state index in [4.69, 9.17) is 4.74 Å². The van der Waals surface area contributed by atoms with Crippen LogP contribution in [0.25, 0.3) is 0 Å². The molecule has 0 fully saturated rings. The number of aliphatic imine (C=N–C) groups is 1. The van der Waals surface area contributed by atoms with E-state index in [9.17, 15) is 0 Å². The molecule has 0 aromatic carbocycles. The van der Waals surface area contributed by atoms with Gasteiger partial charge in [-0.2, -0.15) is 0 Å². The largest absolute Gasteiger partial charge is 0.496 e. The van der Waals surface area contributed by atoms with Crippen molar-refractivity contribution in [2.45, 2.75) is 33.7 Å². The summed E-state index contributed by atoms with van der Waals surface area (Å²) in [4.78, 5) is 13.5. The number of halogens is 1. The van der Waals surface area contributed by atoms with Crippen LogP contribution in [0.3, 0.4) is 0 Å². The smallest absolute Gasteiger partial charge is 0.191 e. The first-order valence-corrected chi connectivity index (χ1v) is 8.56. The van der Waals surface area contributed by atoms with Crippen LogP contribution in [0, 0.1) is 13.8 Å². The van der Waals surface area contributed by atoms with Crippen molar-refractivity contribution in [1.82, 2.24) is 20.6 Å². The van der Waals surface area contributed by atoms with Crippen molar-refractivity contribution in [2.75, 3.05) is 20.2 Å². The summed E-state index contributed by atoms with van der Waals surface area (Å²) in [5.41, 5.74) is 4.06. The summed E-state index contributed by atoms with van der Waals surface area (Å²) < 4.78 is 5.46. The lowest BCUT2D eigenvalue weighted by molar-refractivity contribution is 0.407. The lowest BCUT2D eigenvalue weighted by Crippen LogP contribution is -2.38.